The van der Waals surface area contributed by atoms with Gasteiger partial charge in [-0.3, -0.25) is 9.59 Å². The number of ether oxygens (including phenoxy) is 1. The maximum absolute atomic E-state index is 14.1. The van der Waals surface area contributed by atoms with Crippen LogP contribution in [0.4, 0.5) is 20.6 Å². The Morgan fingerprint density at radius 1 is 1.03 bits per heavy atom. The van der Waals surface area contributed by atoms with Gasteiger partial charge in [-0.1, -0.05) is 12.1 Å². The smallest absolute Gasteiger partial charge is 0.410 e. The van der Waals surface area contributed by atoms with Crippen LogP contribution in [0, 0.1) is 5.82 Å². The van der Waals surface area contributed by atoms with E-state index in [1.165, 1.54) is 18.2 Å². The van der Waals surface area contributed by atoms with Gasteiger partial charge in [0.1, 0.15) is 11.4 Å². The van der Waals surface area contributed by atoms with E-state index in [2.05, 4.69) is 5.32 Å². The van der Waals surface area contributed by atoms with Crippen molar-refractivity contribution in [3.8, 4) is 0 Å². The van der Waals surface area contributed by atoms with Crippen molar-refractivity contribution < 1.29 is 23.5 Å². The molecule has 4 rings (SSSR count). The largest absolute Gasteiger partial charge is 0.444 e. The second-order valence-electron chi connectivity index (χ2n) is 9.04. The third-order valence-corrected chi connectivity index (χ3v) is 5.50. The molecule has 2 aromatic carbocycles. The summed E-state index contributed by atoms with van der Waals surface area (Å²) in [4.78, 5) is 40.8. The summed E-state index contributed by atoms with van der Waals surface area (Å²) >= 11 is 0. The van der Waals surface area contributed by atoms with Gasteiger partial charge in [0.25, 0.3) is 11.8 Å². The molecule has 0 radical (unpaired) electrons. The summed E-state index contributed by atoms with van der Waals surface area (Å²) in [7, 11) is 0. The van der Waals surface area contributed by atoms with Crippen molar-refractivity contribution in [2.75, 3.05) is 23.3 Å². The molecule has 0 saturated carbocycles. The summed E-state index contributed by atoms with van der Waals surface area (Å²) in [6.45, 7) is 6.50. The maximum atomic E-state index is 14.1. The average Bonchev–Trinajstić information content (AvgIpc) is 2.99. The molecule has 7 nitrogen and oxygen atoms in total. The van der Waals surface area contributed by atoms with Gasteiger partial charge in [-0.25, -0.2) is 14.1 Å². The molecule has 0 aliphatic carbocycles. The van der Waals surface area contributed by atoms with Crippen molar-refractivity contribution in [1.29, 1.82) is 0 Å². The number of halogens is 1. The van der Waals surface area contributed by atoms with E-state index in [1.807, 2.05) is 20.8 Å². The molecule has 0 spiro atoms. The Kier molecular flexibility index (Phi) is 5.62. The van der Waals surface area contributed by atoms with Gasteiger partial charge < -0.3 is 15.0 Å². The zero-order chi connectivity index (χ0) is 23.0. The summed E-state index contributed by atoms with van der Waals surface area (Å²) in [6.07, 6.45) is 0.959. The Labute approximate surface area is 186 Å². The number of anilines is 2. The number of hydrogen-bond donors (Lipinski definition) is 1. The van der Waals surface area contributed by atoms with Gasteiger partial charge in [-0.05, 0) is 57.9 Å². The van der Waals surface area contributed by atoms with Crippen LogP contribution in [0.1, 0.15) is 54.3 Å². The lowest BCUT2D eigenvalue weighted by molar-refractivity contribution is 0.0210. The number of carbonyl (C=O) groups excluding carboxylic acids is 3. The van der Waals surface area contributed by atoms with Crippen molar-refractivity contribution in [3.05, 3.63) is 59.4 Å². The first-order valence-electron chi connectivity index (χ1n) is 10.7. The number of piperidine rings is 1. The number of fused-ring (bicyclic) bond motifs is 1. The fourth-order valence-corrected chi connectivity index (χ4v) is 3.97. The molecule has 2 aromatic rings. The minimum atomic E-state index is -0.554. The number of benzene rings is 2. The zero-order valence-electron chi connectivity index (χ0n) is 18.4. The molecule has 1 saturated heterocycles. The highest BCUT2D eigenvalue weighted by molar-refractivity contribution is 6.35. The predicted molar refractivity (Wildman–Crippen MR) is 118 cm³/mol. The molecule has 0 aromatic heterocycles. The Hall–Kier alpha value is -3.42. The van der Waals surface area contributed by atoms with Gasteiger partial charge in [-0.15, -0.1) is 0 Å². The van der Waals surface area contributed by atoms with Crippen LogP contribution in [0.3, 0.4) is 0 Å². The van der Waals surface area contributed by atoms with Gasteiger partial charge >= 0.3 is 6.09 Å². The number of imide groups is 1. The Morgan fingerprint density at radius 3 is 2.19 bits per heavy atom. The summed E-state index contributed by atoms with van der Waals surface area (Å²) in [5.41, 5.74) is 0.737. The minimum absolute atomic E-state index is 0.00641. The molecule has 2 heterocycles. The van der Waals surface area contributed by atoms with Crippen LogP contribution in [0.2, 0.25) is 0 Å². The van der Waals surface area contributed by atoms with E-state index < -0.39 is 23.2 Å². The lowest BCUT2D eigenvalue weighted by atomic mass is 10.0. The Morgan fingerprint density at radius 2 is 1.62 bits per heavy atom. The van der Waals surface area contributed by atoms with Crippen LogP contribution >= 0.6 is 0 Å². The monoisotopic (exact) mass is 439 g/mol. The molecule has 2 aliphatic rings. The Balaban J connectivity index is 1.50. The minimum Gasteiger partial charge on any atom is -0.444 e. The number of amides is 3. The summed E-state index contributed by atoms with van der Waals surface area (Å²) in [5, 5.41) is 3.34. The van der Waals surface area contributed by atoms with E-state index >= 15 is 0 Å². The number of nitrogens with one attached hydrogen (secondary N) is 1. The molecule has 1 N–H and O–H groups in total. The number of carbonyl (C=O) groups is 3. The first-order chi connectivity index (χ1) is 15.1. The van der Waals surface area contributed by atoms with Gasteiger partial charge in [0, 0.05) is 25.2 Å². The first-order valence-corrected chi connectivity index (χ1v) is 10.7. The highest BCUT2D eigenvalue weighted by Crippen LogP contribution is 2.35. The third kappa shape index (κ3) is 4.30. The fraction of sp³-hybridized carbons (Fsp3) is 0.375. The molecular weight excluding hydrogens is 413 g/mol. The highest BCUT2D eigenvalue weighted by Gasteiger charge is 2.38. The van der Waals surface area contributed by atoms with E-state index in [0.717, 1.165) is 4.90 Å². The number of rotatable bonds is 3. The molecule has 32 heavy (non-hydrogen) atoms. The van der Waals surface area contributed by atoms with Crippen LogP contribution in [-0.2, 0) is 4.74 Å². The predicted octanol–water partition coefficient (Wildman–Crippen LogP) is 4.44. The van der Waals surface area contributed by atoms with Gasteiger partial charge in [-0.2, -0.15) is 0 Å². The van der Waals surface area contributed by atoms with Crippen LogP contribution < -0.4 is 10.2 Å². The number of hydrogen-bond acceptors (Lipinski definition) is 5. The second-order valence-corrected chi connectivity index (χ2v) is 9.04. The second kappa shape index (κ2) is 8.26. The molecule has 168 valence electrons. The molecule has 0 bridgehead atoms. The Bertz CT molecular complexity index is 1040. The van der Waals surface area contributed by atoms with E-state index in [9.17, 15) is 18.8 Å². The van der Waals surface area contributed by atoms with Crippen LogP contribution in [-0.4, -0.2) is 47.5 Å². The van der Waals surface area contributed by atoms with E-state index in [4.69, 9.17) is 4.74 Å². The molecule has 8 heteroatoms. The van der Waals surface area contributed by atoms with Crippen LogP contribution in [0.25, 0.3) is 0 Å². The van der Waals surface area contributed by atoms with Crippen molar-refractivity contribution in [1.82, 2.24) is 4.90 Å². The first kappa shape index (κ1) is 21.8. The van der Waals surface area contributed by atoms with Crippen LogP contribution in [0.5, 0.6) is 0 Å². The number of likely N-dealkylation sites (tertiary alicyclic amines) is 1. The fourth-order valence-electron chi connectivity index (χ4n) is 3.97. The van der Waals surface area contributed by atoms with Gasteiger partial charge in [0.15, 0.2) is 0 Å². The summed E-state index contributed by atoms with van der Waals surface area (Å²) in [5.74, 6) is -1.49. The van der Waals surface area contributed by atoms with Crippen molar-refractivity contribution in [2.24, 2.45) is 0 Å². The molecule has 0 unspecified atom stereocenters. The molecule has 1 fully saturated rings. The van der Waals surface area contributed by atoms with E-state index in [-0.39, 0.29) is 17.8 Å². The summed E-state index contributed by atoms with van der Waals surface area (Å²) < 4.78 is 19.5. The lowest BCUT2D eigenvalue weighted by Crippen LogP contribution is -2.44. The normalized spacial score (nSPS) is 16.9. The average molecular weight is 439 g/mol. The van der Waals surface area contributed by atoms with Gasteiger partial charge in [0.2, 0.25) is 0 Å². The quantitative estimate of drug-likeness (QED) is 0.716. The third-order valence-electron chi connectivity index (χ3n) is 5.50. The SMILES string of the molecule is CC(C)(C)OC(=O)N1CCC(Nc2ccc(F)cc2N2C(=O)c3ccccc3C2=O)CC1. The van der Waals surface area contributed by atoms with Crippen LogP contribution in [0.15, 0.2) is 42.5 Å². The van der Waals surface area contributed by atoms with Crippen molar-refractivity contribution in [2.45, 2.75) is 45.3 Å². The molecular formula is C24H26FN3O4. The van der Waals surface area contributed by atoms with E-state index in [1.54, 1.807) is 29.2 Å². The zero-order valence-corrected chi connectivity index (χ0v) is 18.4. The van der Waals surface area contributed by atoms with Crippen molar-refractivity contribution in [3.63, 3.8) is 0 Å². The highest BCUT2D eigenvalue weighted by atomic mass is 19.1. The van der Waals surface area contributed by atoms with Crippen molar-refractivity contribution >= 4 is 29.3 Å². The van der Waals surface area contributed by atoms with Gasteiger partial charge in [0.05, 0.1) is 22.5 Å². The molecule has 3 amide bonds. The topological polar surface area (TPSA) is 79.0 Å². The van der Waals surface area contributed by atoms with E-state index in [0.29, 0.717) is 42.7 Å². The standard InChI is InChI=1S/C24H26FN3O4/c1-24(2,3)32-23(31)27-12-10-16(11-13-27)26-19-9-8-15(25)14-20(19)28-21(29)17-6-4-5-7-18(17)22(28)30/h4-9,14,16,26H,10-13H2,1-3H3. The molecule has 2 aliphatic heterocycles. The summed E-state index contributed by atoms with van der Waals surface area (Å²) in [6, 6.07) is 10.6. The molecule has 0 atom stereocenters. The lowest BCUT2D eigenvalue weighted by Gasteiger charge is -2.34. The number of nitrogens with zero attached hydrogens (tertiary/aromatic N) is 2. The maximum Gasteiger partial charge on any atom is 0.410 e.